The molecule has 5 heteroatoms. The Hall–Kier alpha value is -0.910. The molecule has 1 aliphatic rings. The third kappa shape index (κ3) is 8.62. The van der Waals surface area contributed by atoms with Gasteiger partial charge in [0.25, 0.3) is 0 Å². The normalized spacial score (nSPS) is 26.8. The van der Waals surface area contributed by atoms with Crippen LogP contribution in [0.25, 0.3) is 0 Å². The van der Waals surface area contributed by atoms with Crippen molar-refractivity contribution in [2.45, 2.75) is 83.3 Å². The Balaban J connectivity index is 2.67. The number of hydrogen-bond donors (Lipinski definition) is 3. The minimum Gasteiger partial charge on any atom is -0.481 e. The molecule has 0 aliphatic heterocycles. The predicted molar refractivity (Wildman–Crippen MR) is 119 cm³/mol. The minimum atomic E-state index is -0.760. The maximum Gasteiger partial charge on any atom is 0.303 e. The van der Waals surface area contributed by atoms with Gasteiger partial charge in [0.1, 0.15) is 0 Å². The zero-order valence-corrected chi connectivity index (χ0v) is 19.2. The summed E-state index contributed by atoms with van der Waals surface area (Å²) in [7, 11) is 0. The Morgan fingerprint density at radius 2 is 1.96 bits per heavy atom. The van der Waals surface area contributed by atoms with E-state index in [2.05, 4.69) is 55.8 Å². The molecule has 0 aromatic rings. The average Bonchev–Trinajstić information content (AvgIpc) is 2.86. The highest BCUT2D eigenvalue weighted by Gasteiger charge is 2.39. The van der Waals surface area contributed by atoms with Gasteiger partial charge in [0.2, 0.25) is 0 Å². The van der Waals surface area contributed by atoms with Gasteiger partial charge in [0, 0.05) is 17.2 Å². The van der Waals surface area contributed by atoms with Crippen molar-refractivity contribution < 1.29 is 20.1 Å². The minimum absolute atomic E-state index is 0.00180. The van der Waals surface area contributed by atoms with Gasteiger partial charge < -0.3 is 15.3 Å². The van der Waals surface area contributed by atoms with Crippen LogP contribution in [0.3, 0.4) is 0 Å². The first-order chi connectivity index (χ1) is 13.0. The topological polar surface area (TPSA) is 77.8 Å². The van der Waals surface area contributed by atoms with Crippen LogP contribution in [0.1, 0.15) is 66.2 Å². The molecule has 28 heavy (non-hydrogen) atoms. The second kappa shape index (κ2) is 11.9. The first-order valence-electron chi connectivity index (χ1n) is 10.2. The zero-order valence-electron chi connectivity index (χ0n) is 17.6. The fourth-order valence-corrected chi connectivity index (χ4v) is 4.44. The molecular weight excluding hydrogens is 420 g/mol. The van der Waals surface area contributed by atoms with E-state index in [-0.39, 0.29) is 28.5 Å². The summed E-state index contributed by atoms with van der Waals surface area (Å²) in [5, 5.41) is 29.8. The summed E-state index contributed by atoms with van der Waals surface area (Å²) in [5.74, 6) is -0.499. The second-order valence-corrected chi connectivity index (χ2v) is 10.0. The summed E-state index contributed by atoms with van der Waals surface area (Å²) in [6.07, 6.45) is 13.0. The Labute approximate surface area is 178 Å². The Bertz CT molecular complexity index is 575. The van der Waals surface area contributed by atoms with Gasteiger partial charge in [0.05, 0.1) is 12.2 Å². The molecule has 160 valence electrons. The van der Waals surface area contributed by atoms with E-state index in [1.165, 1.54) is 5.57 Å². The Morgan fingerprint density at radius 1 is 1.29 bits per heavy atom. The second-order valence-electron chi connectivity index (χ2n) is 8.86. The number of carboxylic acids is 1. The quantitative estimate of drug-likeness (QED) is 0.225. The molecule has 0 saturated heterocycles. The fraction of sp³-hybridized carbons (Fsp3) is 0.696. The highest BCUT2D eigenvalue weighted by molar-refractivity contribution is 9.09. The first kappa shape index (κ1) is 25.1. The van der Waals surface area contributed by atoms with Crippen LogP contribution in [-0.2, 0) is 4.79 Å². The van der Waals surface area contributed by atoms with E-state index in [1.807, 2.05) is 18.2 Å². The highest BCUT2D eigenvalue weighted by Crippen LogP contribution is 2.41. The lowest BCUT2D eigenvalue weighted by Crippen LogP contribution is -2.28. The Morgan fingerprint density at radius 3 is 2.57 bits per heavy atom. The smallest absolute Gasteiger partial charge is 0.303 e. The molecule has 4 nitrogen and oxygen atoms in total. The average molecular weight is 457 g/mol. The molecule has 1 fully saturated rings. The van der Waals surface area contributed by atoms with Crippen LogP contribution in [0, 0.1) is 17.3 Å². The largest absolute Gasteiger partial charge is 0.481 e. The van der Waals surface area contributed by atoms with Crippen LogP contribution in [0.2, 0.25) is 0 Å². The maximum atomic E-state index is 10.6. The van der Waals surface area contributed by atoms with E-state index in [0.29, 0.717) is 12.8 Å². The van der Waals surface area contributed by atoms with Gasteiger partial charge >= 0.3 is 5.97 Å². The number of unbranched alkanes of at least 4 members (excludes halogenated alkanes) is 1. The molecule has 1 aliphatic carbocycles. The molecule has 3 N–H and O–H groups in total. The highest BCUT2D eigenvalue weighted by atomic mass is 79.9. The van der Waals surface area contributed by atoms with Gasteiger partial charge in [-0.3, -0.25) is 4.79 Å². The maximum absolute atomic E-state index is 10.6. The molecule has 0 amide bonds. The number of carbonyl (C=O) groups is 1. The lowest BCUT2D eigenvalue weighted by Gasteiger charge is -2.28. The summed E-state index contributed by atoms with van der Waals surface area (Å²) in [6, 6.07) is 0. The molecule has 0 bridgehead atoms. The molecule has 0 radical (unpaired) electrons. The van der Waals surface area contributed by atoms with E-state index >= 15 is 0 Å². The van der Waals surface area contributed by atoms with Gasteiger partial charge in [-0.05, 0) is 57.3 Å². The monoisotopic (exact) mass is 456 g/mol. The zero-order chi connectivity index (χ0) is 21.3. The summed E-state index contributed by atoms with van der Waals surface area (Å²) in [5.41, 5.74) is 0.984. The SMILES string of the molecule is CC(C)=CCC(C)(C)[C@H](O)/C=C/[C@@H]1[C@@H](C/C=C\CCCC(=O)O)[C@H](Br)C[C@H]1O. The van der Waals surface area contributed by atoms with Crippen molar-refractivity contribution in [2.24, 2.45) is 17.3 Å². The Kier molecular flexibility index (Phi) is 10.7. The van der Waals surface area contributed by atoms with E-state index < -0.39 is 18.2 Å². The number of aliphatic hydroxyl groups is 2. The number of hydrogen-bond acceptors (Lipinski definition) is 3. The van der Waals surface area contributed by atoms with Gasteiger partial charge in [0.15, 0.2) is 0 Å². The summed E-state index contributed by atoms with van der Waals surface area (Å²) < 4.78 is 0. The van der Waals surface area contributed by atoms with Crippen LogP contribution in [-0.4, -0.2) is 38.3 Å². The third-order valence-electron chi connectivity index (χ3n) is 5.56. The van der Waals surface area contributed by atoms with Crippen LogP contribution in [0.5, 0.6) is 0 Å². The van der Waals surface area contributed by atoms with E-state index in [9.17, 15) is 15.0 Å². The van der Waals surface area contributed by atoms with Crippen molar-refractivity contribution in [3.05, 3.63) is 36.0 Å². The molecule has 1 rings (SSSR count). The molecule has 0 unspecified atom stereocenters. The van der Waals surface area contributed by atoms with Crippen molar-refractivity contribution in [2.75, 3.05) is 0 Å². The summed E-state index contributed by atoms with van der Waals surface area (Å²) in [6.45, 7) is 8.22. The molecule has 1 saturated carbocycles. The van der Waals surface area contributed by atoms with Crippen molar-refractivity contribution >= 4 is 21.9 Å². The van der Waals surface area contributed by atoms with Gasteiger partial charge in [-0.2, -0.15) is 0 Å². The summed E-state index contributed by atoms with van der Waals surface area (Å²) >= 11 is 3.70. The van der Waals surface area contributed by atoms with E-state index in [1.54, 1.807) is 0 Å². The third-order valence-corrected chi connectivity index (χ3v) is 6.61. The number of aliphatic hydroxyl groups excluding tert-OH is 2. The number of rotatable bonds is 11. The van der Waals surface area contributed by atoms with Crippen molar-refractivity contribution in [1.29, 1.82) is 0 Å². The number of halogens is 1. The van der Waals surface area contributed by atoms with Crippen LogP contribution in [0.15, 0.2) is 36.0 Å². The molecule has 0 aromatic carbocycles. The molecule has 0 aromatic heterocycles. The van der Waals surface area contributed by atoms with Gasteiger partial charge in [-0.1, -0.05) is 65.7 Å². The molecule has 0 heterocycles. The number of carboxylic acid groups (broad SMARTS) is 1. The molecule has 0 spiro atoms. The number of allylic oxidation sites excluding steroid dienone is 4. The predicted octanol–water partition coefficient (Wildman–Crippen LogP) is 5.25. The van der Waals surface area contributed by atoms with Crippen LogP contribution >= 0.6 is 15.9 Å². The first-order valence-corrected chi connectivity index (χ1v) is 11.1. The van der Waals surface area contributed by atoms with Crippen molar-refractivity contribution in [1.82, 2.24) is 0 Å². The standard InChI is InChI=1S/C23H37BrO4/c1-16(2)13-14-23(3,4)21(26)12-11-18-17(19(24)15-20(18)25)9-7-5-6-8-10-22(27)28/h5,7,11-13,17-21,25-26H,6,8-10,14-15H2,1-4H3,(H,27,28)/b7-5-,12-11+/t17-,18-,19-,20-,21-/m1/s1. The molecule has 5 atom stereocenters. The van der Waals surface area contributed by atoms with Crippen LogP contribution in [0.4, 0.5) is 0 Å². The molecular formula is C23H37BrO4. The fourth-order valence-electron chi connectivity index (χ4n) is 3.49. The lowest BCUT2D eigenvalue weighted by atomic mass is 9.81. The van der Waals surface area contributed by atoms with E-state index in [4.69, 9.17) is 5.11 Å². The summed E-state index contributed by atoms with van der Waals surface area (Å²) in [4.78, 5) is 10.8. The van der Waals surface area contributed by atoms with Crippen LogP contribution < -0.4 is 0 Å². The van der Waals surface area contributed by atoms with Crippen molar-refractivity contribution in [3.8, 4) is 0 Å². The lowest BCUT2D eigenvalue weighted by molar-refractivity contribution is -0.137. The number of aliphatic carboxylic acids is 1. The van der Waals surface area contributed by atoms with Crippen molar-refractivity contribution in [3.63, 3.8) is 0 Å². The van der Waals surface area contributed by atoms with E-state index in [0.717, 1.165) is 19.3 Å². The van der Waals surface area contributed by atoms with Gasteiger partial charge in [-0.25, -0.2) is 0 Å². The van der Waals surface area contributed by atoms with Gasteiger partial charge in [-0.15, -0.1) is 0 Å². The number of alkyl halides is 1.